The molecule has 0 fully saturated rings. The second kappa shape index (κ2) is 7.94. The normalized spacial score (nSPS) is 10.6. The van der Waals surface area contributed by atoms with Gasteiger partial charge in [-0.15, -0.1) is 16.4 Å². The molecule has 2 aromatic heterocycles. The highest BCUT2D eigenvalue weighted by atomic mass is 32.2. The van der Waals surface area contributed by atoms with E-state index in [4.69, 9.17) is 0 Å². The van der Waals surface area contributed by atoms with Crippen molar-refractivity contribution in [3.63, 3.8) is 0 Å². The Morgan fingerprint density at radius 1 is 1.22 bits per heavy atom. The summed E-state index contributed by atoms with van der Waals surface area (Å²) < 4.78 is 0. The Hall–Kier alpha value is -2.12. The van der Waals surface area contributed by atoms with Crippen LogP contribution in [0.5, 0.6) is 0 Å². The molecule has 118 valence electrons. The maximum absolute atomic E-state index is 11.8. The maximum Gasteiger partial charge on any atom is 0.230 e. The predicted molar refractivity (Wildman–Crippen MR) is 93.6 cm³/mol. The third-order valence-corrected chi connectivity index (χ3v) is 4.90. The first kappa shape index (κ1) is 15.8. The van der Waals surface area contributed by atoms with Crippen molar-refractivity contribution in [1.82, 2.24) is 20.5 Å². The average molecular weight is 344 g/mol. The van der Waals surface area contributed by atoms with Gasteiger partial charge in [-0.25, -0.2) is 4.98 Å². The molecule has 0 unspecified atom stereocenters. The van der Waals surface area contributed by atoms with Gasteiger partial charge in [0.2, 0.25) is 11.1 Å². The van der Waals surface area contributed by atoms with Crippen LogP contribution in [-0.4, -0.2) is 33.4 Å². The molecule has 0 radical (unpaired) electrons. The number of thioether (sulfide) groups is 1. The number of thiophene rings is 1. The highest BCUT2D eigenvalue weighted by Crippen LogP contribution is 2.18. The summed E-state index contributed by atoms with van der Waals surface area (Å²) in [5.74, 6) is 1.03. The van der Waals surface area contributed by atoms with Crippen molar-refractivity contribution < 1.29 is 4.79 Å². The highest BCUT2D eigenvalue weighted by Gasteiger charge is 2.08. The number of benzene rings is 1. The molecule has 0 aliphatic heterocycles. The topological polar surface area (TPSA) is 70.7 Å². The number of nitrogens with one attached hydrogen (secondary N) is 2. The van der Waals surface area contributed by atoms with Crippen LogP contribution in [0.3, 0.4) is 0 Å². The van der Waals surface area contributed by atoms with E-state index >= 15 is 0 Å². The second-order valence-corrected chi connectivity index (χ2v) is 6.78. The number of carbonyl (C=O) groups excluding carboxylic acids is 1. The lowest BCUT2D eigenvalue weighted by atomic mass is 10.2. The fraction of sp³-hybridized carbons (Fsp3) is 0.188. The molecule has 0 atom stereocenters. The van der Waals surface area contributed by atoms with Crippen molar-refractivity contribution >= 4 is 29.0 Å². The second-order valence-electron chi connectivity index (χ2n) is 4.80. The van der Waals surface area contributed by atoms with Crippen LogP contribution in [-0.2, 0) is 11.2 Å². The Labute approximate surface area is 142 Å². The SMILES string of the molecule is O=C(CSc1n[nH]c(-c2ccccc2)n1)NCCc1cccs1. The number of carbonyl (C=O) groups is 1. The number of H-pyrrole nitrogens is 1. The van der Waals surface area contributed by atoms with E-state index in [1.807, 2.05) is 41.8 Å². The number of nitrogens with zero attached hydrogens (tertiary/aromatic N) is 2. The molecule has 0 aliphatic rings. The first-order valence-corrected chi connectivity index (χ1v) is 9.07. The van der Waals surface area contributed by atoms with Gasteiger partial charge in [-0.2, -0.15) is 0 Å². The van der Waals surface area contributed by atoms with Gasteiger partial charge < -0.3 is 5.32 Å². The van der Waals surface area contributed by atoms with Crippen molar-refractivity contribution in [1.29, 1.82) is 0 Å². The molecule has 0 bridgehead atoms. The average Bonchev–Trinajstić information content (AvgIpc) is 3.25. The molecule has 2 N–H and O–H groups in total. The van der Waals surface area contributed by atoms with Crippen LogP contribution in [0.4, 0.5) is 0 Å². The van der Waals surface area contributed by atoms with E-state index in [0.717, 1.165) is 12.0 Å². The fourth-order valence-corrected chi connectivity index (χ4v) is 3.33. The molecule has 0 aliphatic carbocycles. The number of rotatable bonds is 7. The number of hydrogen-bond acceptors (Lipinski definition) is 5. The zero-order chi connectivity index (χ0) is 15.9. The van der Waals surface area contributed by atoms with E-state index in [9.17, 15) is 4.79 Å². The van der Waals surface area contributed by atoms with Crippen LogP contribution in [0.1, 0.15) is 4.88 Å². The first-order chi connectivity index (χ1) is 11.3. The quantitative estimate of drug-likeness (QED) is 0.647. The van der Waals surface area contributed by atoms with Crippen LogP contribution in [0.2, 0.25) is 0 Å². The van der Waals surface area contributed by atoms with Crippen molar-refractivity contribution in [2.75, 3.05) is 12.3 Å². The molecular weight excluding hydrogens is 328 g/mol. The Balaban J connectivity index is 1.43. The van der Waals surface area contributed by atoms with E-state index in [1.54, 1.807) is 11.3 Å². The zero-order valence-electron chi connectivity index (χ0n) is 12.4. The third kappa shape index (κ3) is 4.67. The van der Waals surface area contributed by atoms with Gasteiger partial charge in [-0.3, -0.25) is 9.89 Å². The van der Waals surface area contributed by atoms with Crippen LogP contribution >= 0.6 is 23.1 Å². The molecule has 0 saturated heterocycles. The first-order valence-electron chi connectivity index (χ1n) is 7.21. The summed E-state index contributed by atoms with van der Waals surface area (Å²) in [6.45, 7) is 0.656. The van der Waals surface area contributed by atoms with E-state index in [1.165, 1.54) is 16.6 Å². The number of aromatic nitrogens is 3. The summed E-state index contributed by atoms with van der Waals surface area (Å²) >= 11 is 3.03. The molecule has 5 nitrogen and oxygen atoms in total. The third-order valence-electron chi connectivity index (χ3n) is 3.12. The van der Waals surface area contributed by atoms with Crippen molar-refractivity contribution in [2.45, 2.75) is 11.6 Å². The zero-order valence-corrected chi connectivity index (χ0v) is 14.0. The van der Waals surface area contributed by atoms with Gasteiger partial charge in [0.15, 0.2) is 5.82 Å². The van der Waals surface area contributed by atoms with Crippen molar-refractivity contribution in [2.24, 2.45) is 0 Å². The van der Waals surface area contributed by atoms with E-state index in [0.29, 0.717) is 23.3 Å². The molecule has 3 aromatic rings. The summed E-state index contributed by atoms with van der Waals surface area (Å²) in [5.41, 5.74) is 0.979. The van der Waals surface area contributed by atoms with Gasteiger partial charge in [0.05, 0.1) is 5.75 Å². The van der Waals surface area contributed by atoms with Gasteiger partial charge in [-0.05, 0) is 17.9 Å². The molecule has 23 heavy (non-hydrogen) atoms. The molecule has 7 heteroatoms. The minimum absolute atomic E-state index is 0.00221. The molecule has 2 heterocycles. The maximum atomic E-state index is 11.8. The predicted octanol–water partition coefficient (Wildman–Crippen LogP) is 2.98. The Morgan fingerprint density at radius 2 is 2.09 bits per heavy atom. The van der Waals surface area contributed by atoms with Crippen LogP contribution < -0.4 is 5.32 Å². The molecular formula is C16H16N4OS2. The largest absolute Gasteiger partial charge is 0.355 e. The number of hydrogen-bond donors (Lipinski definition) is 2. The minimum Gasteiger partial charge on any atom is -0.355 e. The minimum atomic E-state index is -0.00221. The Kier molecular flexibility index (Phi) is 5.44. The molecule has 0 saturated carbocycles. The molecule has 0 spiro atoms. The fourth-order valence-electron chi connectivity index (χ4n) is 2.00. The number of aromatic amines is 1. The van der Waals surface area contributed by atoms with Gasteiger partial charge in [-0.1, -0.05) is 48.2 Å². The Morgan fingerprint density at radius 3 is 2.87 bits per heavy atom. The summed E-state index contributed by atoms with van der Waals surface area (Å²) in [5, 5.41) is 12.6. The summed E-state index contributed by atoms with van der Waals surface area (Å²) in [7, 11) is 0. The van der Waals surface area contributed by atoms with Crippen LogP contribution in [0.15, 0.2) is 53.0 Å². The smallest absolute Gasteiger partial charge is 0.230 e. The van der Waals surface area contributed by atoms with Gasteiger partial charge in [0.1, 0.15) is 0 Å². The monoisotopic (exact) mass is 344 g/mol. The molecule has 1 amide bonds. The number of amides is 1. The van der Waals surface area contributed by atoms with Crippen molar-refractivity contribution in [3.05, 3.63) is 52.7 Å². The lowest BCUT2D eigenvalue weighted by molar-refractivity contribution is -0.118. The molecule has 1 aromatic carbocycles. The van der Waals surface area contributed by atoms with Gasteiger partial charge >= 0.3 is 0 Å². The van der Waals surface area contributed by atoms with Crippen LogP contribution in [0.25, 0.3) is 11.4 Å². The standard InChI is InChI=1S/C16H16N4OS2/c21-14(17-9-8-13-7-4-10-22-13)11-23-16-18-15(19-20-16)12-5-2-1-3-6-12/h1-7,10H,8-9,11H2,(H,17,21)(H,18,19,20). The van der Waals surface area contributed by atoms with E-state index in [2.05, 4.69) is 26.6 Å². The van der Waals surface area contributed by atoms with Gasteiger partial charge in [0, 0.05) is 17.0 Å². The lowest BCUT2D eigenvalue weighted by Gasteiger charge is -2.02. The van der Waals surface area contributed by atoms with Gasteiger partial charge in [0.25, 0.3) is 0 Å². The summed E-state index contributed by atoms with van der Waals surface area (Å²) in [6.07, 6.45) is 0.868. The summed E-state index contributed by atoms with van der Waals surface area (Å²) in [4.78, 5) is 17.5. The van der Waals surface area contributed by atoms with E-state index in [-0.39, 0.29) is 5.91 Å². The lowest BCUT2D eigenvalue weighted by Crippen LogP contribution is -2.27. The highest BCUT2D eigenvalue weighted by molar-refractivity contribution is 7.99. The summed E-state index contributed by atoms with van der Waals surface area (Å²) in [6, 6.07) is 13.9. The van der Waals surface area contributed by atoms with Crippen molar-refractivity contribution in [3.8, 4) is 11.4 Å². The molecule has 3 rings (SSSR count). The van der Waals surface area contributed by atoms with E-state index < -0.39 is 0 Å². The Bertz CT molecular complexity index is 741. The van der Waals surface area contributed by atoms with Crippen LogP contribution in [0, 0.1) is 0 Å².